The smallest absolute Gasteiger partial charge is 0.157 e. The van der Waals surface area contributed by atoms with Gasteiger partial charge >= 0.3 is 0 Å². The van der Waals surface area contributed by atoms with E-state index in [1.165, 1.54) is 12.1 Å². The van der Waals surface area contributed by atoms with Crippen molar-refractivity contribution in [2.24, 2.45) is 0 Å². The van der Waals surface area contributed by atoms with Gasteiger partial charge in [-0.3, -0.25) is 0 Å². The van der Waals surface area contributed by atoms with Gasteiger partial charge in [0, 0.05) is 110 Å². The minimum absolute atomic E-state index is 0.0869. The lowest BCUT2D eigenvalue weighted by Crippen LogP contribution is -2.40. The molecular weight excluding hydrogens is 1660 g/mol. The Labute approximate surface area is 706 Å². The van der Waals surface area contributed by atoms with E-state index in [-0.39, 0.29) is 44.7 Å². The van der Waals surface area contributed by atoms with Gasteiger partial charge in [-0.2, -0.15) is 0 Å². The molecule has 6 aliphatic rings. The number of rotatable bonds is 11. The Morgan fingerprint density at radius 1 is 0.190 bits per heavy atom. The van der Waals surface area contributed by atoms with Crippen molar-refractivity contribution in [3.05, 3.63) is 246 Å². The number of ether oxygens (including phenoxy) is 6. The van der Waals surface area contributed by atoms with Crippen LogP contribution in [0.3, 0.4) is 0 Å². The Bertz CT molecular complexity index is 6550. The zero-order chi connectivity index (χ0) is 89.6. The van der Waals surface area contributed by atoms with Crippen molar-refractivity contribution in [2.45, 2.75) is 109 Å². The molecule has 0 spiro atoms. The van der Waals surface area contributed by atoms with Crippen LogP contribution in [0.1, 0.15) is 161 Å². The van der Waals surface area contributed by atoms with Crippen molar-refractivity contribution in [3.8, 4) is 172 Å². The highest BCUT2D eigenvalue weighted by Gasteiger charge is 2.57. The largest absolute Gasteiger partial charge is 0.508 e. The first-order valence-electron chi connectivity index (χ1n) is 38.6. The number of hydrogen-bond acceptors (Lipinski definition) is 36. The third-order valence-electron chi connectivity index (χ3n) is 24.3. The zero-order valence-electron chi connectivity index (χ0n) is 64.3. The maximum absolute atomic E-state index is 13.7. The summed E-state index contributed by atoms with van der Waals surface area (Å²) in [6.07, 6.45) is -25.0. The van der Waals surface area contributed by atoms with Crippen molar-refractivity contribution in [2.75, 3.05) is 0 Å². The van der Waals surface area contributed by atoms with E-state index in [0.717, 1.165) is 115 Å². The van der Waals surface area contributed by atoms with Crippen LogP contribution in [0, 0.1) is 0 Å². The Morgan fingerprint density at radius 2 is 0.413 bits per heavy atom. The molecule has 0 radical (unpaired) electrons. The highest BCUT2D eigenvalue weighted by molar-refractivity contribution is 5.77. The van der Waals surface area contributed by atoms with Gasteiger partial charge in [-0.15, -0.1) is 0 Å². The molecule has 30 N–H and O–H groups in total. The molecular formula is C90H74O36. The van der Waals surface area contributed by atoms with E-state index < -0.39 is 332 Å². The van der Waals surface area contributed by atoms with Crippen LogP contribution in [-0.4, -0.2) is 190 Å². The first-order chi connectivity index (χ1) is 59.9. The van der Waals surface area contributed by atoms with Crippen LogP contribution in [0.2, 0.25) is 0 Å². The molecule has 0 saturated carbocycles. The van der Waals surface area contributed by atoms with E-state index in [9.17, 15) is 153 Å². The van der Waals surface area contributed by atoms with E-state index in [2.05, 4.69) is 0 Å². The average Bonchev–Trinajstić information content (AvgIpc) is 0.702. The van der Waals surface area contributed by atoms with Gasteiger partial charge in [0.25, 0.3) is 0 Å². The molecule has 36 nitrogen and oxygen atoms in total. The van der Waals surface area contributed by atoms with Gasteiger partial charge in [0.2, 0.25) is 0 Å². The average molecular weight is 1730 g/mol. The lowest BCUT2D eigenvalue weighted by molar-refractivity contribution is -0.0107. The lowest BCUT2D eigenvalue weighted by atomic mass is 9.70. The van der Waals surface area contributed by atoms with Gasteiger partial charge < -0.3 is 182 Å². The Hall–Kier alpha value is -15.6. The van der Waals surface area contributed by atoms with E-state index >= 15 is 0 Å². The second-order valence-corrected chi connectivity index (χ2v) is 31.6. The van der Waals surface area contributed by atoms with Crippen LogP contribution >= 0.6 is 0 Å². The van der Waals surface area contributed by atoms with Crippen LogP contribution in [0.4, 0.5) is 0 Å². The monoisotopic (exact) mass is 1730 g/mol. The molecule has 12 aromatic rings. The van der Waals surface area contributed by atoms with Gasteiger partial charge in [-0.1, -0.05) is 36.4 Å². The Kier molecular flexibility index (Phi) is 19.1. The molecule has 6 heterocycles. The van der Waals surface area contributed by atoms with Gasteiger partial charge in [0.05, 0.1) is 35.7 Å². The molecule has 12 aromatic carbocycles. The highest BCUT2D eigenvalue weighted by Crippen LogP contribution is 2.69. The molecule has 17 atom stereocenters. The van der Waals surface area contributed by atoms with E-state index in [4.69, 9.17) is 28.4 Å². The first kappa shape index (κ1) is 81.4. The lowest BCUT2D eigenvalue weighted by Gasteiger charge is -2.45. The maximum atomic E-state index is 13.7. The minimum Gasteiger partial charge on any atom is -0.508 e. The first-order valence-corrected chi connectivity index (χ1v) is 38.6. The Morgan fingerprint density at radius 3 is 0.683 bits per heavy atom. The molecule has 6 aliphatic heterocycles. The van der Waals surface area contributed by atoms with Crippen LogP contribution < -0.4 is 28.4 Å². The fraction of sp³-hybridized carbons (Fsp3) is 0.200. The van der Waals surface area contributed by atoms with E-state index in [1.807, 2.05) is 0 Å². The molecule has 0 amide bonds. The standard InChI is InChI=1S/C90H74O36/c91-33-19-47(104)60-59(20-33)122-82(28-2-8-36(93)42(99)14-28)76(116)70(60)62-48(105)22-50(107)64-72(78(118)84(124-87(62)64)30-4-10-38(95)44(101)16-30)66-52(109)24-54(111)68-74(80(120)86(126-89(66)68)32-6-12-40(97)46(103)18-32)69-55(112)25-53(110)67-73(79(119)85(125-90(67)69)31-5-11-39(96)45(102)17-31)65-51(108)23-49(106)63-71(77(117)83(123-88(63)65)29-3-9-37(94)43(100)15-29)61-56(113)26-58-34(75(61)115)21-57(114)81(121-58)27-1-7-35(92)41(98)13-27/h1-20,22-26,57,70-74,76-86,91-120H,21H2/t57-,70?,71?,72?,73?,74?,76+,77+,78+,79+,80+,81+,82+,83+,84+,85+,86+/m0/s1. The van der Waals surface area contributed by atoms with Crippen molar-refractivity contribution in [3.63, 3.8) is 0 Å². The Balaban J connectivity index is 0.884. The highest BCUT2D eigenvalue weighted by atomic mass is 16.5. The number of aromatic hydroxyl groups is 24. The van der Waals surface area contributed by atoms with Crippen molar-refractivity contribution in [1.82, 2.24) is 0 Å². The number of phenolic OH excluding ortho intramolecular Hbond substituents is 24. The number of aliphatic hydroxyl groups is 6. The summed E-state index contributed by atoms with van der Waals surface area (Å²) in [5, 5.41) is 359. The summed E-state index contributed by atoms with van der Waals surface area (Å²) in [5.74, 6) is -35.8. The van der Waals surface area contributed by atoms with Crippen molar-refractivity contribution < 1.29 is 182 Å². The minimum atomic E-state index is -2.44. The quantitative estimate of drug-likeness (QED) is 0.0538. The van der Waals surface area contributed by atoms with Gasteiger partial charge in [0.15, 0.2) is 99.5 Å². The molecule has 0 bridgehead atoms. The number of phenols is 24. The second kappa shape index (κ2) is 29.6. The maximum Gasteiger partial charge on any atom is 0.157 e. The zero-order valence-corrected chi connectivity index (χ0v) is 64.3. The van der Waals surface area contributed by atoms with Crippen LogP contribution in [0.15, 0.2) is 152 Å². The second-order valence-electron chi connectivity index (χ2n) is 31.6. The summed E-state index contributed by atoms with van der Waals surface area (Å²) in [6.45, 7) is 0. The van der Waals surface area contributed by atoms with Crippen molar-refractivity contribution in [1.29, 1.82) is 0 Å². The third kappa shape index (κ3) is 12.6. The number of aliphatic hydroxyl groups excluding tert-OH is 6. The molecule has 650 valence electrons. The molecule has 5 unspecified atom stereocenters. The summed E-state index contributed by atoms with van der Waals surface area (Å²) < 4.78 is 39.5. The molecule has 0 fully saturated rings. The van der Waals surface area contributed by atoms with Gasteiger partial charge in [-0.25, -0.2) is 0 Å². The number of hydrogen-bond donors (Lipinski definition) is 30. The topological polar surface area (TPSA) is 662 Å². The molecule has 0 saturated heterocycles. The molecule has 0 aromatic heterocycles. The summed E-state index contributed by atoms with van der Waals surface area (Å²) >= 11 is 0. The normalized spacial score (nSPS) is 24.3. The van der Waals surface area contributed by atoms with Crippen LogP contribution in [-0.2, 0) is 6.42 Å². The van der Waals surface area contributed by atoms with Crippen LogP contribution in [0.5, 0.6) is 172 Å². The summed E-state index contributed by atoms with van der Waals surface area (Å²) in [6, 6.07) is 23.9. The van der Waals surface area contributed by atoms with Gasteiger partial charge in [-0.05, 0) is 106 Å². The fourth-order valence-corrected chi connectivity index (χ4v) is 18.6. The predicted octanol–water partition coefficient (Wildman–Crippen LogP) is 8.79. The third-order valence-corrected chi connectivity index (χ3v) is 24.3. The summed E-state index contributed by atoms with van der Waals surface area (Å²) in [4.78, 5) is 0. The molecule has 126 heavy (non-hydrogen) atoms. The SMILES string of the molecule is Oc1cc(O)c2c(c1)O[C@H](c1ccc(O)c(O)c1)[C@H](O)C2c1c(O)cc(O)c2c1O[C@H](c1ccc(O)c(O)c1)[C@H](O)C2c1c(O)cc(O)c2c1O[C@H](c1ccc(O)c(O)c1)[C@H](O)C2c1c(O)cc(O)c2c1O[C@H](c1ccc(O)c(O)c1)[C@H](O)C2c1c(O)cc(O)c2c1O[C@H](c1ccc(O)c(O)c1)[C@H](O)C2c1c(O)cc2c(c1O)C[C@H](O)[C@@H](c1ccc(O)c(O)c1)O2. The predicted molar refractivity (Wildman–Crippen MR) is 426 cm³/mol. The number of benzene rings is 12. The van der Waals surface area contributed by atoms with Gasteiger partial charge in [0.1, 0.15) is 140 Å². The van der Waals surface area contributed by atoms with E-state index in [1.54, 1.807) is 0 Å². The number of fused-ring (bicyclic) bond motifs is 6. The molecule has 0 aliphatic carbocycles. The fourth-order valence-electron chi connectivity index (χ4n) is 18.6. The van der Waals surface area contributed by atoms with E-state index in [0.29, 0.717) is 24.3 Å². The van der Waals surface area contributed by atoms with Crippen LogP contribution in [0.25, 0.3) is 0 Å². The summed E-state index contributed by atoms with van der Waals surface area (Å²) in [7, 11) is 0. The molecule has 36 heteroatoms. The van der Waals surface area contributed by atoms with Crippen molar-refractivity contribution >= 4 is 0 Å². The summed E-state index contributed by atoms with van der Waals surface area (Å²) in [5.41, 5.74) is -8.43. The molecule has 18 rings (SSSR count).